The summed E-state index contributed by atoms with van der Waals surface area (Å²) in [6.45, 7) is 4.04. The Morgan fingerprint density at radius 1 is 0.950 bits per heavy atom. The van der Waals surface area contributed by atoms with E-state index in [1.165, 1.54) is 36.2 Å². The molecule has 40 heavy (non-hydrogen) atoms. The van der Waals surface area contributed by atoms with Crippen LogP contribution in [0.25, 0.3) is 0 Å². The van der Waals surface area contributed by atoms with Gasteiger partial charge < -0.3 is 15.0 Å². The number of carbonyl (C=O) groups excluding carboxylic acids is 2. The van der Waals surface area contributed by atoms with Crippen LogP contribution in [0.4, 0.5) is 0 Å². The molecular formula is C30H36ClN3O5S. The van der Waals surface area contributed by atoms with Gasteiger partial charge in [0.15, 0.2) is 0 Å². The van der Waals surface area contributed by atoms with Gasteiger partial charge in [-0.05, 0) is 53.4 Å². The van der Waals surface area contributed by atoms with Gasteiger partial charge in [-0.25, -0.2) is 8.42 Å². The lowest BCUT2D eigenvalue weighted by Gasteiger charge is -2.33. The first-order valence-corrected chi connectivity index (χ1v) is 14.8. The Balaban J connectivity index is 1.98. The minimum absolute atomic E-state index is 0.0158. The number of benzene rings is 3. The van der Waals surface area contributed by atoms with E-state index in [0.29, 0.717) is 17.3 Å². The number of carbonyl (C=O) groups is 2. The molecule has 1 atom stereocenters. The summed E-state index contributed by atoms with van der Waals surface area (Å²) < 4.78 is 32.8. The second kappa shape index (κ2) is 14.3. The van der Waals surface area contributed by atoms with E-state index >= 15 is 0 Å². The van der Waals surface area contributed by atoms with Crippen LogP contribution in [-0.2, 0) is 32.6 Å². The Morgan fingerprint density at radius 3 is 2.23 bits per heavy atom. The molecule has 0 saturated carbocycles. The monoisotopic (exact) mass is 585 g/mol. The molecule has 2 amide bonds. The molecule has 0 aliphatic rings. The van der Waals surface area contributed by atoms with Gasteiger partial charge in [0.25, 0.3) is 0 Å². The number of rotatable bonds is 13. The van der Waals surface area contributed by atoms with Crippen LogP contribution in [0, 0.1) is 5.92 Å². The second-order valence-electron chi connectivity index (χ2n) is 9.93. The van der Waals surface area contributed by atoms with Crippen LogP contribution in [0.2, 0.25) is 5.02 Å². The fraction of sp³-hybridized carbons (Fsp3) is 0.333. The lowest BCUT2D eigenvalue weighted by atomic mass is 10.0. The molecule has 3 aromatic rings. The third-order valence-corrected chi connectivity index (χ3v) is 8.39. The zero-order chi connectivity index (χ0) is 29.3. The van der Waals surface area contributed by atoms with E-state index in [9.17, 15) is 18.0 Å². The van der Waals surface area contributed by atoms with E-state index in [0.717, 1.165) is 15.4 Å². The lowest BCUT2D eigenvalue weighted by Crippen LogP contribution is -2.53. The fourth-order valence-electron chi connectivity index (χ4n) is 4.10. The summed E-state index contributed by atoms with van der Waals surface area (Å²) in [6.07, 6.45) is 0.258. The number of sulfonamides is 1. The Labute approximate surface area is 241 Å². The van der Waals surface area contributed by atoms with Crippen molar-refractivity contribution in [2.45, 2.75) is 37.8 Å². The molecule has 0 aliphatic carbocycles. The summed E-state index contributed by atoms with van der Waals surface area (Å²) in [5, 5.41) is 3.36. The van der Waals surface area contributed by atoms with E-state index < -0.39 is 28.5 Å². The Morgan fingerprint density at radius 2 is 1.60 bits per heavy atom. The standard InChI is InChI=1S/C30H36ClN3O5S/c1-22(2)19-32-30(36)28(18-23-9-6-5-7-10-23)34(20-24-11-8-12-26(17-24)39-4)29(35)21-33(3)40(37,38)27-15-13-25(31)14-16-27/h5-17,22,28H,18-21H2,1-4H3,(H,32,36). The summed E-state index contributed by atoms with van der Waals surface area (Å²) in [4.78, 5) is 28.9. The molecule has 3 aromatic carbocycles. The molecule has 1 unspecified atom stereocenters. The van der Waals surface area contributed by atoms with E-state index in [4.69, 9.17) is 16.3 Å². The predicted molar refractivity (Wildman–Crippen MR) is 157 cm³/mol. The van der Waals surface area contributed by atoms with Crippen LogP contribution in [-0.4, -0.2) is 62.7 Å². The first kappa shape index (κ1) is 31.1. The second-order valence-corrected chi connectivity index (χ2v) is 12.4. The largest absolute Gasteiger partial charge is 0.497 e. The number of nitrogens with zero attached hydrogens (tertiary/aromatic N) is 2. The molecule has 0 fully saturated rings. The molecule has 0 aliphatic heterocycles. The number of halogens is 1. The molecule has 0 bridgehead atoms. The van der Waals surface area contributed by atoms with Gasteiger partial charge in [-0.3, -0.25) is 9.59 Å². The summed E-state index contributed by atoms with van der Waals surface area (Å²) in [5.74, 6) is -0.00351. The smallest absolute Gasteiger partial charge is 0.243 e. The number of amides is 2. The summed E-state index contributed by atoms with van der Waals surface area (Å²) in [6, 6.07) is 21.5. The van der Waals surface area contributed by atoms with E-state index in [1.807, 2.05) is 50.2 Å². The number of ether oxygens (including phenoxy) is 1. The number of nitrogens with one attached hydrogen (secondary N) is 1. The third kappa shape index (κ3) is 8.55. The average Bonchev–Trinajstić information content (AvgIpc) is 2.94. The van der Waals surface area contributed by atoms with E-state index in [1.54, 1.807) is 25.3 Å². The van der Waals surface area contributed by atoms with Gasteiger partial charge >= 0.3 is 0 Å². The molecule has 1 N–H and O–H groups in total. The first-order chi connectivity index (χ1) is 19.0. The van der Waals surface area contributed by atoms with Crippen molar-refractivity contribution < 1.29 is 22.7 Å². The molecular weight excluding hydrogens is 550 g/mol. The molecule has 0 spiro atoms. The van der Waals surface area contributed by atoms with Gasteiger partial charge in [0.2, 0.25) is 21.8 Å². The molecule has 0 heterocycles. The molecule has 214 valence electrons. The average molecular weight is 586 g/mol. The Hall–Kier alpha value is -3.40. The predicted octanol–water partition coefficient (Wildman–Crippen LogP) is 4.38. The van der Waals surface area contributed by atoms with Gasteiger partial charge in [0.05, 0.1) is 18.6 Å². The first-order valence-electron chi connectivity index (χ1n) is 13.0. The van der Waals surface area contributed by atoms with E-state index in [2.05, 4.69) is 5.32 Å². The summed E-state index contributed by atoms with van der Waals surface area (Å²) in [7, 11) is -1.09. The number of methoxy groups -OCH3 is 1. The fourth-order valence-corrected chi connectivity index (χ4v) is 5.34. The molecule has 3 rings (SSSR count). The van der Waals surface area contributed by atoms with Crippen LogP contribution < -0.4 is 10.1 Å². The minimum Gasteiger partial charge on any atom is -0.497 e. The summed E-state index contributed by atoms with van der Waals surface area (Å²) >= 11 is 5.93. The number of likely N-dealkylation sites (N-methyl/N-ethyl adjacent to an activating group) is 1. The van der Waals surface area contributed by atoms with Gasteiger partial charge in [-0.1, -0.05) is 67.9 Å². The van der Waals surface area contributed by atoms with E-state index in [-0.39, 0.29) is 29.7 Å². The maximum absolute atomic E-state index is 13.9. The van der Waals surface area contributed by atoms with Crippen molar-refractivity contribution in [1.82, 2.24) is 14.5 Å². The molecule has 0 radical (unpaired) electrons. The molecule has 10 heteroatoms. The third-order valence-electron chi connectivity index (χ3n) is 6.32. The lowest BCUT2D eigenvalue weighted by molar-refractivity contribution is -0.141. The zero-order valence-corrected chi connectivity index (χ0v) is 24.8. The highest BCUT2D eigenvalue weighted by atomic mass is 35.5. The van der Waals surface area contributed by atoms with Crippen LogP contribution in [0.1, 0.15) is 25.0 Å². The van der Waals surface area contributed by atoms with Crippen molar-refractivity contribution in [2.24, 2.45) is 5.92 Å². The van der Waals surface area contributed by atoms with Crippen LogP contribution in [0.5, 0.6) is 5.75 Å². The van der Waals surface area contributed by atoms with Gasteiger partial charge in [0, 0.05) is 31.6 Å². The van der Waals surface area contributed by atoms with Crippen molar-refractivity contribution in [3.63, 3.8) is 0 Å². The maximum atomic E-state index is 13.9. The van der Waals surface area contributed by atoms with Gasteiger partial charge in [-0.2, -0.15) is 4.31 Å². The van der Waals surface area contributed by atoms with Crippen LogP contribution in [0.15, 0.2) is 83.8 Å². The molecule has 0 saturated heterocycles. The highest BCUT2D eigenvalue weighted by molar-refractivity contribution is 7.89. The highest BCUT2D eigenvalue weighted by Gasteiger charge is 2.33. The topological polar surface area (TPSA) is 96.0 Å². The van der Waals surface area contributed by atoms with Gasteiger partial charge in [-0.15, -0.1) is 0 Å². The number of hydrogen-bond acceptors (Lipinski definition) is 5. The zero-order valence-electron chi connectivity index (χ0n) is 23.2. The molecule has 8 nitrogen and oxygen atoms in total. The highest BCUT2D eigenvalue weighted by Crippen LogP contribution is 2.21. The summed E-state index contributed by atoms with van der Waals surface area (Å²) in [5.41, 5.74) is 1.61. The Bertz CT molecular complexity index is 1380. The van der Waals surface area contributed by atoms with Crippen molar-refractivity contribution in [1.29, 1.82) is 0 Å². The normalized spacial score (nSPS) is 12.3. The van der Waals surface area contributed by atoms with Crippen molar-refractivity contribution in [3.05, 3.63) is 95.0 Å². The maximum Gasteiger partial charge on any atom is 0.243 e. The SMILES string of the molecule is COc1cccc(CN(C(=O)CN(C)S(=O)(=O)c2ccc(Cl)cc2)C(Cc2ccccc2)C(=O)NCC(C)C)c1. The Kier molecular flexibility index (Phi) is 11.1. The van der Waals surface area contributed by atoms with Crippen LogP contribution >= 0.6 is 11.6 Å². The number of hydrogen-bond donors (Lipinski definition) is 1. The van der Waals surface area contributed by atoms with Crippen molar-refractivity contribution in [3.8, 4) is 5.75 Å². The van der Waals surface area contributed by atoms with Crippen molar-refractivity contribution >= 4 is 33.4 Å². The van der Waals surface area contributed by atoms with Crippen LogP contribution in [0.3, 0.4) is 0 Å². The van der Waals surface area contributed by atoms with Gasteiger partial charge in [0.1, 0.15) is 11.8 Å². The molecule has 0 aromatic heterocycles. The quantitative estimate of drug-likeness (QED) is 0.321. The van der Waals surface area contributed by atoms with Crippen molar-refractivity contribution in [2.75, 3.05) is 27.2 Å². The minimum atomic E-state index is -3.99.